The highest BCUT2D eigenvalue weighted by Gasteiger charge is 2.19. The maximum atomic E-state index is 4.84. The second-order valence-corrected chi connectivity index (χ2v) is 7.84. The zero-order valence-electron chi connectivity index (χ0n) is 15.6. The molecule has 1 heterocycles. The number of hydrogen-bond donors (Lipinski definition) is 2. The summed E-state index contributed by atoms with van der Waals surface area (Å²) in [4.78, 5) is 7.28. The largest absolute Gasteiger partial charge is 0.357 e. The molecule has 0 amide bonds. The van der Waals surface area contributed by atoms with Crippen LogP contribution in [0.3, 0.4) is 0 Å². The van der Waals surface area contributed by atoms with Crippen LogP contribution in [-0.2, 0) is 0 Å². The number of nitrogens with one attached hydrogen (secondary N) is 2. The molecule has 1 saturated carbocycles. The van der Waals surface area contributed by atoms with E-state index in [9.17, 15) is 0 Å². The molecule has 1 aliphatic carbocycles. The molecule has 2 fully saturated rings. The van der Waals surface area contributed by atoms with Gasteiger partial charge >= 0.3 is 0 Å². The standard InChI is InChI=1S/C19H38N4/c1-4-20-19(22-14-18-9-6-12-23(3)15-18)21-11-10-17-8-5-7-16(2)13-17/h16-18H,4-15H2,1-3H3,(H2,20,21,22). The Labute approximate surface area is 143 Å². The van der Waals surface area contributed by atoms with Crippen LogP contribution in [0.4, 0.5) is 0 Å². The Morgan fingerprint density at radius 2 is 1.96 bits per heavy atom. The number of rotatable bonds is 6. The minimum Gasteiger partial charge on any atom is -0.357 e. The van der Waals surface area contributed by atoms with E-state index in [0.717, 1.165) is 43.3 Å². The summed E-state index contributed by atoms with van der Waals surface area (Å²) in [6.07, 6.45) is 9.64. The summed E-state index contributed by atoms with van der Waals surface area (Å²) in [7, 11) is 2.23. The van der Waals surface area contributed by atoms with Gasteiger partial charge < -0.3 is 15.5 Å². The van der Waals surface area contributed by atoms with Gasteiger partial charge in [0.05, 0.1) is 0 Å². The summed E-state index contributed by atoms with van der Waals surface area (Å²) < 4.78 is 0. The Kier molecular flexibility index (Phi) is 8.21. The van der Waals surface area contributed by atoms with Gasteiger partial charge in [-0.05, 0) is 64.0 Å². The fourth-order valence-corrected chi connectivity index (χ4v) is 4.20. The van der Waals surface area contributed by atoms with E-state index in [4.69, 9.17) is 4.99 Å². The van der Waals surface area contributed by atoms with E-state index >= 15 is 0 Å². The molecule has 0 aromatic heterocycles. The van der Waals surface area contributed by atoms with Crippen molar-refractivity contribution < 1.29 is 0 Å². The highest BCUT2D eigenvalue weighted by atomic mass is 15.2. The van der Waals surface area contributed by atoms with E-state index in [-0.39, 0.29) is 0 Å². The highest BCUT2D eigenvalue weighted by Crippen LogP contribution is 2.30. The Morgan fingerprint density at radius 1 is 1.13 bits per heavy atom. The van der Waals surface area contributed by atoms with Crippen LogP contribution in [0.15, 0.2) is 4.99 Å². The van der Waals surface area contributed by atoms with E-state index in [2.05, 4.69) is 36.4 Å². The summed E-state index contributed by atoms with van der Waals surface area (Å²) >= 11 is 0. The van der Waals surface area contributed by atoms with Crippen LogP contribution in [0.2, 0.25) is 0 Å². The van der Waals surface area contributed by atoms with Gasteiger partial charge in [0.25, 0.3) is 0 Å². The van der Waals surface area contributed by atoms with Gasteiger partial charge in [0.1, 0.15) is 0 Å². The molecule has 23 heavy (non-hydrogen) atoms. The third-order valence-electron chi connectivity index (χ3n) is 5.46. The number of nitrogens with zero attached hydrogens (tertiary/aromatic N) is 2. The van der Waals surface area contributed by atoms with Crippen molar-refractivity contribution in [2.45, 2.75) is 58.8 Å². The van der Waals surface area contributed by atoms with Crippen LogP contribution in [0, 0.1) is 17.8 Å². The van der Waals surface area contributed by atoms with Gasteiger partial charge in [-0.25, -0.2) is 0 Å². The number of hydrogen-bond acceptors (Lipinski definition) is 2. The van der Waals surface area contributed by atoms with E-state index in [0.29, 0.717) is 0 Å². The molecule has 0 aromatic rings. The van der Waals surface area contributed by atoms with Crippen molar-refractivity contribution in [3.8, 4) is 0 Å². The van der Waals surface area contributed by atoms with Crippen LogP contribution in [-0.4, -0.2) is 50.6 Å². The Hall–Kier alpha value is -0.770. The van der Waals surface area contributed by atoms with Crippen molar-refractivity contribution in [2.24, 2.45) is 22.7 Å². The lowest BCUT2D eigenvalue weighted by Gasteiger charge is -2.29. The summed E-state index contributed by atoms with van der Waals surface area (Å²) in [5.74, 6) is 3.59. The number of piperidine rings is 1. The van der Waals surface area contributed by atoms with E-state index in [1.54, 1.807) is 0 Å². The second-order valence-electron chi connectivity index (χ2n) is 7.84. The van der Waals surface area contributed by atoms with Gasteiger partial charge in [-0.2, -0.15) is 0 Å². The summed E-state index contributed by atoms with van der Waals surface area (Å²) in [6.45, 7) is 9.96. The normalized spacial score (nSPS) is 30.2. The molecule has 2 rings (SSSR count). The second kappa shape index (κ2) is 10.2. The smallest absolute Gasteiger partial charge is 0.191 e. The molecule has 134 valence electrons. The fraction of sp³-hybridized carbons (Fsp3) is 0.947. The van der Waals surface area contributed by atoms with Gasteiger partial charge in [0.2, 0.25) is 0 Å². The van der Waals surface area contributed by atoms with Gasteiger partial charge in [-0.15, -0.1) is 0 Å². The molecule has 2 aliphatic rings. The monoisotopic (exact) mass is 322 g/mol. The van der Waals surface area contributed by atoms with Crippen molar-refractivity contribution in [3.05, 3.63) is 0 Å². The van der Waals surface area contributed by atoms with Gasteiger partial charge in [-0.1, -0.05) is 26.2 Å². The third-order valence-corrected chi connectivity index (χ3v) is 5.46. The molecule has 0 radical (unpaired) electrons. The van der Waals surface area contributed by atoms with Crippen molar-refractivity contribution >= 4 is 5.96 Å². The van der Waals surface area contributed by atoms with E-state index in [1.807, 2.05) is 0 Å². The van der Waals surface area contributed by atoms with Crippen LogP contribution in [0.5, 0.6) is 0 Å². The molecule has 0 bridgehead atoms. The Balaban J connectivity index is 1.70. The Morgan fingerprint density at radius 3 is 2.70 bits per heavy atom. The maximum Gasteiger partial charge on any atom is 0.191 e. The van der Waals surface area contributed by atoms with Crippen LogP contribution >= 0.6 is 0 Å². The Bertz CT molecular complexity index is 355. The lowest BCUT2D eigenvalue weighted by atomic mass is 9.81. The first-order chi connectivity index (χ1) is 11.2. The molecule has 0 spiro atoms. The van der Waals surface area contributed by atoms with Crippen molar-refractivity contribution in [2.75, 3.05) is 39.8 Å². The van der Waals surface area contributed by atoms with Gasteiger partial charge in [0, 0.05) is 26.2 Å². The number of guanidine groups is 1. The minimum atomic E-state index is 0.725. The molecule has 1 saturated heterocycles. The lowest BCUT2D eigenvalue weighted by molar-refractivity contribution is 0.214. The summed E-state index contributed by atoms with van der Waals surface area (Å²) in [6, 6.07) is 0. The van der Waals surface area contributed by atoms with Crippen molar-refractivity contribution in [3.63, 3.8) is 0 Å². The fourth-order valence-electron chi connectivity index (χ4n) is 4.20. The van der Waals surface area contributed by atoms with Gasteiger partial charge in [-0.3, -0.25) is 4.99 Å². The van der Waals surface area contributed by atoms with E-state index < -0.39 is 0 Å². The van der Waals surface area contributed by atoms with Crippen LogP contribution < -0.4 is 10.6 Å². The SMILES string of the molecule is CCNC(=NCC1CCCN(C)C1)NCCC1CCCC(C)C1. The predicted molar refractivity (Wildman–Crippen MR) is 99.9 cm³/mol. The zero-order chi connectivity index (χ0) is 16.5. The molecule has 3 atom stereocenters. The molecule has 4 nitrogen and oxygen atoms in total. The van der Waals surface area contributed by atoms with Crippen molar-refractivity contribution in [1.82, 2.24) is 15.5 Å². The quantitative estimate of drug-likeness (QED) is 0.583. The number of likely N-dealkylation sites (tertiary alicyclic amines) is 1. The number of aliphatic imine (C=N–C) groups is 1. The first kappa shape index (κ1) is 18.6. The molecule has 0 aromatic carbocycles. The lowest BCUT2D eigenvalue weighted by Crippen LogP contribution is -2.39. The highest BCUT2D eigenvalue weighted by molar-refractivity contribution is 5.79. The summed E-state index contributed by atoms with van der Waals surface area (Å²) in [5, 5.41) is 6.96. The molecule has 4 heteroatoms. The molecule has 2 N–H and O–H groups in total. The molecular formula is C19H38N4. The van der Waals surface area contributed by atoms with Crippen LogP contribution in [0.25, 0.3) is 0 Å². The first-order valence-corrected chi connectivity index (χ1v) is 9.88. The minimum absolute atomic E-state index is 0.725. The first-order valence-electron chi connectivity index (χ1n) is 9.88. The molecular weight excluding hydrogens is 284 g/mol. The topological polar surface area (TPSA) is 39.7 Å². The van der Waals surface area contributed by atoms with Crippen molar-refractivity contribution in [1.29, 1.82) is 0 Å². The van der Waals surface area contributed by atoms with Gasteiger partial charge in [0.15, 0.2) is 5.96 Å². The molecule has 3 unspecified atom stereocenters. The van der Waals surface area contributed by atoms with E-state index in [1.165, 1.54) is 58.0 Å². The maximum absolute atomic E-state index is 4.84. The predicted octanol–water partition coefficient (Wildman–Crippen LogP) is 3.10. The average molecular weight is 323 g/mol. The average Bonchev–Trinajstić information content (AvgIpc) is 2.53. The third kappa shape index (κ3) is 7.11. The zero-order valence-corrected chi connectivity index (χ0v) is 15.6. The van der Waals surface area contributed by atoms with Crippen LogP contribution in [0.1, 0.15) is 58.8 Å². The molecule has 1 aliphatic heterocycles. The summed E-state index contributed by atoms with van der Waals surface area (Å²) in [5.41, 5.74) is 0.